The fraction of sp³-hybridized carbons (Fsp3) is 0.450. The first-order valence-corrected chi connectivity index (χ1v) is 9.26. The molecule has 26 heavy (non-hydrogen) atoms. The molecule has 1 aromatic carbocycles. The summed E-state index contributed by atoms with van der Waals surface area (Å²) in [5, 5.41) is 2.89. The third-order valence-corrected chi connectivity index (χ3v) is 4.65. The van der Waals surface area contributed by atoms with Crippen LogP contribution in [0.1, 0.15) is 46.7 Å². The highest BCUT2D eigenvalue weighted by Crippen LogP contribution is 2.13. The average Bonchev–Trinajstić information content (AvgIpc) is 2.62. The summed E-state index contributed by atoms with van der Waals surface area (Å²) in [5.41, 5.74) is 2.42. The van der Waals surface area contributed by atoms with Gasteiger partial charge in [0.05, 0.1) is 0 Å². The highest BCUT2D eigenvalue weighted by Gasteiger charge is 2.11. The Hall–Kier alpha value is -2.47. The van der Waals surface area contributed by atoms with E-state index in [2.05, 4.69) is 20.2 Å². The van der Waals surface area contributed by atoms with Gasteiger partial charge in [0.1, 0.15) is 5.82 Å². The van der Waals surface area contributed by atoms with Crippen LogP contribution in [0.15, 0.2) is 35.1 Å². The number of benzene rings is 1. The number of rotatable bonds is 6. The standard InChI is InChI=1S/C20H26N4O2/c1-15-22-18(13-19(25)23-15)9-10-21-20(26)17-7-5-16(6-8-17)14-24-11-3-2-4-12-24/h5-8,13H,2-4,9-12,14H2,1H3,(H,21,26)(H,22,23,25). The third kappa shape index (κ3) is 5.26. The molecule has 3 rings (SSSR count). The summed E-state index contributed by atoms with van der Waals surface area (Å²) < 4.78 is 0. The molecule has 0 radical (unpaired) electrons. The molecule has 1 aromatic heterocycles. The number of aromatic nitrogens is 2. The zero-order valence-corrected chi connectivity index (χ0v) is 15.3. The van der Waals surface area contributed by atoms with E-state index < -0.39 is 0 Å². The molecule has 6 heteroatoms. The number of likely N-dealkylation sites (tertiary alicyclic amines) is 1. The van der Waals surface area contributed by atoms with Crippen molar-refractivity contribution in [3.8, 4) is 0 Å². The van der Waals surface area contributed by atoms with Crippen LogP contribution in [0.4, 0.5) is 0 Å². The first kappa shape index (κ1) is 18.3. The normalized spacial score (nSPS) is 15.0. The topological polar surface area (TPSA) is 78.1 Å². The van der Waals surface area contributed by atoms with E-state index in [-0.39, 0.29) is 11.5 Å². The van der Waals surface area contributed by atoms with E-state index in [4.69, 9.17) is 0 Å². The van der Waals surface area contributed by atoms with Crippen molar-refractivity contribution in [1.29, 1.82) is 0 Å². The Kier molecular flexibility index (Phi) is 6.17. The zero-order chi connectivity index (χ0) is 18.4. The maximum absolute atomic E-state index is 12.3. The molecule has 2 heterocycles. The zero-order valence-electron chi connectivity index (χ0n) is 15.3. The molecule has 138 valence electrons. The summed E-state index contributed by atoms with van der Waals surface area (Å²) in [6.45, 7) is 5.48. The van der Waals surface area contributed by atoms with Crippen LogP contribution in [0, 0.1) is 6.92 Å². The van der Waals surface area contributed by atoms with Crippen molar-refractivity contribution in [2.45, 2.75) is 39.2 Å². The summed E-state index contributed by atoms with van der Waals surface area (Å²) in [6.07, 6.45) is 4.43. The maximum Gasteiger partial charge on any atom is 0.251 e. The summed E-state index contributed by atoms with van der Waals surface area (Å²) in [7, 11) is 0. The Labute approximate surface area is 153 Å². The molecule has 0 unspecified atom stereocenters. The Morgan fingerprint density at radius 2 is 1.92 bits per heavy atom. The number of carbonyl (C=O) groups is 1. The Bertz CT molecular complexity index is 792. The van der Waals surface area contributed by atoms with Crippen molar-refractivity contribution in [3.63, 3.8) is 0 Å². The van der Waals surface area contributed by atoms with Crippen molar-refractivity contribution in [2.75, 3.05) is 19.6 Å². The van der Waals surface area contributed by atoms with Gasteiger partial charge in [-0.3, -0.25) is 14.5 Å². The Balaban J connectivity index is 1.49. The molecular weight excluding hydrogens is 328 g/mol. The SMILES string of the molecule is Cc1nc(CCNC(=O)c2ccc(CN3CCCCC3)cc2)cc(=O)[nH]1. The number of amides is 1. The third-order valence-electron chi connectivity index (χ3n) is 4.65. The van der Waals surface area contributed by atoms with E-state index in [0.717, 1.165) is 19.6 Å². The van der Waals surface area contributed by atoms with Crippen molar-refractivity contribution in [3.05, 3.63) is 63.3 Å². The quantitative estimate of drug-likeness (QED) is 0.832. The second kappa shape index (κ2) is 8.76. The smallest absolute Gasteiger partial charge is 0.251 e. The summed E-state index contributed by atoms with van der Waals surface area (Å²) in [4.78, 5) is 33.0. The van der Waals surface area contributed by atoms with Crippen LogP contribution >= 0.6 is 0 Å². The van der Waals surface area contributed by atoms with E-state index in [1.54, 1.807) is 6.92 Å². The second-order valence-electron chi connectivity index (χ2n) is 6.86. The van der Waals surface area contributed by atoms with Gasteiger partial charge in [0.2, 0.25) is 0 Å². The number of aryl methyl sites for hydroxylation is 1. The Morgan fingerprint density at radius 1 is 1.19 bits per heavy atom. The number of nitrogens with zero attached hydrogens (tertiary/aromatic N) is 2. The lowest BCUT2D eigenvalue weighted by Crippen LogP contribution is -2.29. The van der Waals surface area contributed by atoms with E-state index >= 15 is 0 Å². The van der Waals surface area contributed by atoms with Crippen molar-refractivity contribution < 1.29 is 4.79 Å². The molecule has 1 aliphatic heterocycles. The van der Waals surface area contributed by atoms with Crippen LogP contribution in [0.25, 0.3) is 0 Å². The van der Waals surface area contributed by atoms with Gasteiger partial charge in [-0.05, 0) is 50.6 Å². The first-order chi connectivity index (χ1) is 12.6. The van der Waals surface area contributed by atoms with Crippen molar-refractivity contribution in [1.82, 2.24) is 20.2 Å². The largest absolute Gasteiger partial charge is 0.352 e. The average molecular weight is 354 g/mol. The first-order valence-electron chi connectivity index (χ1n) is 9.26. The van der Waals surface area contributed by atoms with Crippen LogP contribution < -0.4 is 10.9 Å². The summed E-state index contributed by atoms with van der Waals surface area (Å²) >= 11 is 0. The van der Waals surface area contributed by atoms with Gasteiger partial charge < -0.3 is 10.3 Å². The minimum atomic E-state index is -0.164. The molecule has 0 spiro atoms. The van der Waals surface area contributed by atoms with E-state index in [1.165, 1.54) is 30.9 Å². The highest BCUT2D eigenvalue weighted by molar-refractivity contribution is 5.94. The van der Waals surface area contributed by atoms with E-state index in [1.807, 2.05) is 24.3 Å². The van der Waals surface area contributed by atoms with Crippen LogP contribution in [-0.2, 0) is 13.0 Å². The van der Waals surface area contributed by atoms with Crippen LogP contribution in [0.3, 0.4) is 0 Å². The van der Waals surface area contributed by atoms with Crippen molar-refractivity contribution >= 4 is 5.91 Å². The van der Waals surface area contributed by atoms with E-state index in [0.29, 0.717) is 30.0 Å². The van der Waals surface area contributed by atoms with Crippen LogP contribution in [0.2, 0.25) is 0 Å². The summed E-state index contributed by atoms with van der Waals surface area (Å²) in [5.74, 6) is 0.485. The lowest BCUT2D eigenvalue weighted by Gasteiger charge is -2.26. The van der Waals surface area contributed by atoms with Crippen LogP contribution in [-0.4, -0.2) is 40.4 Å². The molecule has 6 nitrogen and oxygen atoms in total. The van der Waals surface area contributed by atoms with Gasteiger partial charge in [0.25, 0.3) is 11.5 Å². The van der Waals surface area contributed by atoms with E-state index in [9.17, 15) is 9.59 Å². The van der Waals surface area contributed by atoms with Gasteiger partial charge in [-0.1, -0.05) is 18.6 Å². The lowest BCUT2D eigenvalue weighted by atomic mass is 10.1. The molecule has 2 N–H and O–H groups in total. The number of carbonyl (C=O) groups excluding carboxylic acids is 1. The minimum absolute atomic E-state index is 0.101. The van der Waals surface area contributed by atoms with Crippen molar-refractivity contribution in [2.24, 2.45) is 0 Å². The number of hydrogen-bond donors (Lipinski definition) is 2. The summed E-state index contributed by atoms with van der Waals surface area (Å²) in [6, 6.07) is 9.29. The van der Waals surface area contributed by atoms with Crippen LogP contribution in [0.5, 0.6) is 0 Å². The fourth-order valence-corrected chi connectivity index (χ4v) is 3.31. The Morgan fingerprint density at radius 3 is 2.62 bits per heavy atom. The molecular formula is C20H26N4O2. The second-order valence-corrected chi connectivity index (χ2v) is 6.86. The van der Waals surface area contributed by atoms with Gasteiger partial charge in [-0.15, -0.1) is 0 Å². The minimum Gasteiger partial charge on any atom is -0.352 e. The predicted molar refractivity (Wildman–Crippen MR) is 101 cm³/mol. The van der Waals surface area contributed by atoms with Gasteiger partial charge in [-0.2, -0.15) is 0 Å². The molecule has 1 fully saturated rings. The van der Waals surface area contributed by atoms with Gasteiger partial charge in [0, 0.05) is 36.8 Å². The number of H-pyrrole nitrogens is 1. The molecule has 2 aromatic rings. The van der Waals surface area contributed by atoms with Gasteiger partial charge >= 0.3 is 0 Å². The number of piperidine rings is 1. The number of aromatic amines is 1. The highest BCUT2D eigenvalue weighted by atomic mass is 16.1. The molecule has 0 bridgehead atoms. The molecule has 0 saturated carbocycles. The molecule has 1 saturated heterocycles. The monoisotopic (exact) mass is 354 g/mol. The number of nitrogens with one attached hydrogen (secondary N) is 2. The van der Waals surface area contributed by atoms with Gasteiger partial charge in [0.15, 0.2) is 0 Å². The molecule has 1 aliphatic rings. The predicted octanol–water partition coefficient (Wildman–Crippen LogP) is 2.04. The lowest BCUT2D eigenvalue weighted by molar-refractivity contribution is 0.0954. The fourth-order valence-electron chi connectivity index (χ4n) is 3.31. The molecule has 1 amide bonds. The number of hydrogen-bond acceptors (Lipinski definition) is 4. The molecule has 0 atom stereocenters. The molecule has 0 aliphatic carbocycles. The maximum atomic E-state index is 12.3. The van der Waals surface area contributed by atoms with Gasteiger partial charge in [-0.25, -0.2) is 4.98 Å².